The summed E-state index contributed by atoms with van der Waals surface area (Å²) in [6, 6.07) is 10.9. The van der Waals surface area contributed by atoms with E-state index >= 15 is 0 Å². The maximum atomic E-state index is 5.65. The van der Waals surface area contributed by atoms with Crippen LogP contribution in [0.2, 0.25) is 0 Å². The summed E-state index contributed by atoms with van der Waals surface area (Å²) in [5.41, 5.74) is 3.60. The lowest BCUT2D eigenvalue weighted by Crippen LogP contribution is -2.05. The first kappa shape index (κ1) is 14.6. The normalized spacial score (nSPS) is 11.3. The van der Waals surface area contributed by atoms with Crippen molar-refractivity contribution < 1.29 is 4.74 Å². The standard InChI is InChI=1S/C17H24N2O/c1-12(2)19-14(5)10-16(18-19)11-15-6-8-17(9-7-15)20-13(3)4/h6-10,12-13H,11H2,1-5H3. The third-order valence-corrected chi connectivity index (χ3v) is 3.14. The van der Waals surface area contributed by atoms with E-state index in [4.69, 9.17) is 4.74 Å². The van der Waals surface area contributed by atoms with Gasteiger partial charge in [0.05, 0.1) is 11.8 Å². The summed E-state index contributed by atoms with van der Waals surface area (Å²) >= 11 is 0. The average Bonchev–Trinajstić information content (AvgIpc) is 2.72. The molecule has 0 aliphatic carbocycles. The molecule has 0 saturated heterocycles. The molecule has 0 amide bonds. The Kier molecular flexibility index (Phi) is 4.48. The average molecular weight is 272 g/mol. The molecule has 0 bridgehead atoms. The highest BCUT2D eigenvalue weighted by Crippen LogP contribution is 2.17. The number of hydrogen-bond acceptors (Lipinski definition) is 2. The van der Waals surface area contributed by atoms with Crippen molar-refractivity contribution in [2.75, 3.05) is 0 Å². The zero-order valence-corrected chi connectivity index (χ0v) is 13.1. The van der Waals surface area contributed by atoms with E-state index in [1.165, 1.54) is 11.3 Å². The highest BCUT2D eigenvalue weighted by molar-refractivity contribution is 5.30. The lowest BCUT2D eigenvalue weighted by Gasteiger charge is -2.09. The summed E-state index contributed by atoms with van der Waals surface area (Å²) < 4.78 is 7.73. The summed E-state index contributed by atoms with van der Waals surface area (Å²) in [5, 5.41) is 4.66. The van der Waals surface area contributed by atoms with Crippen molar-refractivity contribution in [1.29, 1.82) is 0 Å². The number of aromatic nitrogens is 2. The van der Waals surface area contributed by atoms with Gasteiger partial charge in [0, 0.05) is 18.2 Å². The van der Waals surface area contributed by atoms with E-state index in [1.807, 2.05) is 26.0 Å². The fourth-order valence-electron chi connectivity index (χ4n) is 2.33. The van der Waals surface area contributed by atoms with Gasteiger partial charge in [-0.25, -0.2) is 0 Å². The van der Waals surface area contributed by atoms with Crippen LogP contribution in [-0.4, -0.2) is 15.9 Å². The molecule has 3 heteroatoms. The molecule has 1 aromatic heterocycles. The number of hydrogen-bond donors (Lipinski definition) is 0. The molecule has 0 aliphatic rings. The Bertz CT molecular complexity index is 553. The van der Waals surface area contributed by atoms with Crippen molar-refractivity contribution in [3.63, 3.8) is 0 Å². The zero-order valence-electron chi connectivity index (χ0n) is 13.1. The van der Waals surface area contributed by atoms with Crippen LogP contribution in [0.5, 0.6) is 5.75 Å². The maximum Gasteiger partial charge on any atom is 0.119 e. The third kappa shape index (κ3) is 3.62. The Morgan fingerprint density at radius 2 is 1.75 bits per heavy atom. The largest absolute Gasteiger partial charge is 0.491 e. The second-order valence-electron chi connectivity index (χ2n) is 5.80. The van der Waals surface area contributed by atoms with Gasteiger partial charge in [-0.1, -0.05) is 12.1 Å². The van der Waals surface area contributed by atoms with Gasteiger partial charge < -0.3 is 4.74 Å². The molecule has 0 spiro atoms. The Morgan fingerprint density at radius 3 is 2.25 bits per heavy atom. The molecule has 0 saturated carbocycles. The van der Waals surface area contributed by atoms with Crippen LogP contribution < -0.4 is 4.74 Å². The molecule has 0 unspecified atom stereocenters. The molecule has 0 fully saturated rings. The van der Waals surface area contributed by atoms with Gasteiger partial charge in [-0.3, -0.25) is 4.68 Å². The molecular formula is C17H24N2O. The van der Waals surface area contributed by atoms with E-state index in [1.54, 1.807) is 0 Å². The van der Waals surface area contributed by atoms with Gasteiger partial charge >= 0.3 is 0 Å². The van der Waals surface area contributed by atoms with Crippen molar-refractivity contribution >= 4 is 0 Å². The van der Waals surface area contributed by atoms with Crippen molar-refractivity contribution in [3.8, 4) is 5.75 Å². The quantitative estimate of drug-likeness (QED) is 0.817. The molecule has 2 aromatic rings. The van der Waals surface area contributed by atoms with E-state index in [-0.39, 0.29) is 6.10 Å². The van der Waals surface area contributed by atoms with E-state index in [0.717, 1.165) is 17.9 Å². The number of aryl methyl sites for hydroxylation is 1. The minimum atomic E-state index is 0.213. The topological polar surface area (TPSA) is 27.1 Å². The summed E-state index contributed by atoms with van der Waals surface area (Å²) in [6.45, 7) is 10.5. The molecule has 1 heterocycles. The summed E-state index contributed by atoms with van der Waals surface area (Å²) in [7, 11) is 0. The second-order valence-corrected chi connectivity index (χ2v) is 5.80. The van der Waals surface area contributed by atoms with Crippen molar-refractivity contribution in [1.82, 2.24) is 9.78 Å². The fraction of sp³-hybridized carbons (Fsp3) is 0.471. The third-order valence-electron chi connectivity index (χ3n) is 3.14. The second kappa shape index (κ2) is 6.12. The predicted molar refractivity (Wildman–Crippen MR) is 82.4 cm³/mol. The van der Waals surface area contributed by atoms with Crippen molar-refractivity contribution in [2.24, 2.45) is 0 Å². The molecular weight excluding hydrogens is 248 g/mol. The molecule has 2 rings (SSSR count). The first-order valence-electron chi connectivity index (χ1n) is 7.26. The Labute approximate surface area is 121 Å². The minimum absolute atomic E-state index is 0.213. The Hall–Kier alpha value is -1.77. The summed E-state index contributed by atoms with van der Waals surface area (Å²) in [4.78, 5) is 0. The number of nitrogens with zero attached hydrogens (tertiary/aromatic N) is 2. The smallest absolute Gasteiger partial charge is 0.119 e. The first-order chi connectivity index (χ1) is 9.45. The first-order valence-corrected chi connectivity index (χ1v) is 7.26. The Morgan fingerprint density at radius 1 is 1.10 bits per heavy atom. The van der Waals surface area contributed by atoms with Crippen LogP contribution in [0.3, 0.4) is 0 Å². The van der Waals surface area contributed by atoms with E-state index < -0.39 is 0 Å². The van der Waals surface area contributed by atoms with Gasteiger partial charge in [-0.2, -0.15) is 5.10 Å². The number of benzene rings is 1. The zero-order chi connectivity index (χ0) is 14.7. The summed E-state index contributed by atoms with van der Waals surface area (Å²) in [6.07, 6.45) is 1.08. The molecule has 20 heavy (non-hydrogen) atoms. The van der Waals surface area contributed by atoms with Gasteiger partial charge in [0.1, 0.15) is 5.75 Å². The van der Waals surface area contributed by atoms with Crippen LogP contribution in [0, 0.1) is 6.92 Å². The lowest BCUT2D eigenvalue weighted by molar-refractivity contribution is 0.242. The SMILES string of the molecule is Cc1cc(Cc2ccc(OC(C)C)cc2)nn1C(C)C. The predicted octanol–water partition coefficient (Wildman–Crippen LogP) is 4.15. The monoisotopic (exact) mass is 272 g/mol. The van der Waals surface area contributed by atoms with Gasteiger partial charge in [0.25, 0.3) is 0 Å². The Balaban J connectivity index is 2.08. The minimum Gasteiger partial charge on any atom is -0.491 e. The maximum absolute atomic E-state index is 5.65. The van der Waals surface area contributed by atoms with Gasteiger partial charge in [0.2, 0.25) is 0 Å². The lowest BCUT2D eigenvalue weighted by atomic mass is 10.1. The highest BCUT2D eigenvalue weighted by atomic mass is 16.5. The fourth-order valence-corrected chi connectivity index (χ4v) is 2.33. The van der Waals surface area contributed by atoms with Gasteiger partial charge in [-0.05, 0) is 58.4 Å². The molecule has 3 nitrogen and oxygen atoms in total. The van der Waals surface area contributed by atoms with Crippen molar-refractivity contribution in [3.05, 3.63) is 47.3 Å². The number of rotatable bonds is 5. The molecule has 0 radical (unpaired) electrons. The van der Waals surface area contributed by atoms with Crippen LogP contribution in [0.25, 0.3) is 0 Å². The van der Waals surface area contributed by atoms with Crippen LogP contribution in [-0.2, 0) is 6.42 Å². The van der Waals surface area contributed by atoms with Crippen LogP contribution in [0.4, 0.5) is 0 Å². The van der Waals surface area contributed by atoms with Crippen LogP contribution in [0.15, 0.2) is 30.3 Å². The van der Waals surface area contributed by atoms with E-state index in [0.29, 0.717) is 6.04 Å². The van der Waals surface area contributed by atoms with E-state index in [9.17, 15) is 0 Å². The summed E-state index contributed by atoms with van der Waals surface area (Å²) in [5.74, 6) is 0.924. The van der Waals surface area contributed by atoms with Crippen LogP contribution in [0.1, 0.15) is 50.7 Å². The molecule has 1 aromatic carbocycles. The molecule has 108 valence electrons. The van der Waals surface area contributed by atoms with Crippen molar-refractivity contribution in [2.45, 2.75) is 53.2 Å². The molecule has 0 atom stereocenters. The highest BCUT2D eigenvalue weighted by Gasteiger charge is 2.08. The van der Waals surface area contributed by atoms with E-state index in [2.05, 4.69) is 48.8 Å². The molecule has 0 N–H and O–H groups in total. The van der Waals surface area contributed by atoms with Gasteiger partial charge in [-0.15, -0.1) is 0 Å². The molecule has 0 aliphatic heterocycles. The van der Waals surface area contributed by atoms with Crippen LogP contribution >= 0.6 is 0 Å². The van der Waals surface area contributed by atoms with Gasteiger partial charge in [0.15, 0.2) is 0 Å². The number of ether oxygens (including phenoxy) is 1.